The van der Waals surface area contributed by atoms with Crippen molar-refractivity contribution in [2.45, 2.75) is 25.9 Å². The van der Waals surface area contributed by atoms with E-state index in [1.54, 1.807) is 41.7 Å². The van der Waals surface area contributed by atoms with Crippen molar-refractivity contribution >= 4 is 29.1 Å². The van der Waals surface area contributed by atoms with Crippen LogP contribution >= 0.6 is 11.6 Å². The predicted molar refractivity (Wildman–Crippen MR) is 117 cm³/mol. The number of carbonyl (C=O) groups excluding carboxylic acids is 3. The molecule has 0 spiro atoms. The van der Waals surface area contributed by atoms with Crippen LogP contribution in [0.1, 0.15) is 33.9 Å². The van der Waals surface area contributed by atoms with Gasteiger partial charge < -0.3 is 9.47 Å². The Balaban J connectivity index is 1.65. The molecule has 0 aliphatic carbocycles. The molecule has 158 valence electrons. The van der Waals surface area contributed by atoms with Crippen molar-refractivity contribution in [3.05, 3.63) is 89.0 Å². The largest absolute Gasteiger partial charge is 0.337 e. The first-order valence-corrected chi connectivity index (χ1v) is 10.5. The van der Waals surface area contributed by atoms with Crippen LogP contribution in [0.5, 0.6) is 0 Å². The Morgan fingerprint density at radius 1 is 1.03 bits per heavy atom. The predicted octanol–water partition coefficient (Wildman–Crippen LogP) is 3.89. The van der Waals surface area contributed by atoms with Crippen LogP contribution in [0, 0.1) is 12.8 Å². The van der Waals surface area contributed by atoms with Gasteiger partial charge in [-0.25, -0.2) is 4.98 Å². The van der Waals surface area contributed by atoms with Gasteiger partial charge in [0.25, 0.3) is 5.91 Å². The maximum absolute atomic E-state index is 13.3. The Kier molecular flexibility index (Phi) is 6.00. The lowest BCUT2D eigenvalue weighted by atomic mass is 9.86. The summed E-state index contributed by atoms with van der Waals surface area (Å²) in [5, 5.41) is 0.501. The summed E-state index contributed by atoms with van der Waals surface area (Å²) in [6, 6.07) is 13.4. The number of halogens is 1. The molecule has 1 aliphatic heterocycles. The molecule has 0 saturated carbocycles. The summed E-state index contributed by atoms with van der Waals surface area (Å²) in [5.41, 5.74) is 2.21. The number of likely N-dealkylation sites (tertiary alicyclic amines) is 1. The van der Waals surface area contributed by atoms with Crippen molar-refractivity contribution in [2.75, 3.05) is 6.54 Å². The molecule has 2 atom stereocenters. The van der Waals surface area contributed by atoms with E-state index < -0.39 is 23.7 Å². The van der Waals surface area contributed by atoms with Crippen molar-refractivity contribution in [1.29, 1.82) is 0 Å². The number of aromatic nitrogens is 2. The molecule has 7 heteroatoms. The number of ketones is 2. The summed E-state index contributed by atoms with van der Waals surface area (Å²) in [4.78, 5) is 44.8. The van der Waals surface area contributed by atoms with Gasteiger partial charge in [0.15, 0.2) is 5.78 Å². The highest BCUT2D eigenvalue weighted by Gasteiger charge is 2.51. The van der Waals surface area contributed by atoms with Gasteiger partial charge in [-0.05, 0) is 43.2 Å². The molecule has 4 rings (SSSR count). The molecule has 2 aromatic carbocycles. The average Bonchev–Trinajstić information content (AvgIpc) is 3.37. The number of rotatable bonds is 7. The highest BCUT2D eigenvalue weighted by molar-refractivity contribution is 6.44. The van der Waals surface area contributed by atoms with E-state index >= 15 is 0 Å². The van der Waals surface area contributed by atoms with E-state index in [4.69, 9.17) is 11.6 Å². The van der Waals surface area contributed by atoms with E-state index in [1.165, 1.54) is 0 Å². The third-order valence-corrected chi connectivity index (χ3v) is 5.86. The molecule has 31 heavy (non-hydrogen) atoms. The van der Waals surface area contributed by atoms with Gasteiger partial charge in [-0.15, -0.1) is 0 Å². The lowest BCUT2D eigenvalue weighted by Gasteiger charge is -2.27. The Morgan fingerprint density at radius 3 is 2.39 bits per heavy atom. The molecule has 1 saturated heterocycles. The fourth-order valence-corrected chi connectivity index (χ4v) is 4.13. The molecule has 0 radical (unpaired) electrons. The number of hydrogen-bond acceptors (Lipinski definition) is 4. The van der Waals surface area contributed by atoms with E-state index in [0.717, 1.165) is 11.1 Å². The first-order chi connectivity index (χ1) is 15.0. The number of aryl methyl sites for hydroxylation is 2. The van der Waals surface area contributed by atoms with E-state index in [0.29, 0.717) is 30.1 Å². The average molecular weight is 436 g/mol. The van der Waals surface area contributed by atoms with E-state index in [9.17, 15) is 14.4 Å². The normalized spacial score (nSPS) is 18.6. The lowest BCUT2D eigenvalue weighted by Crippen LogP contribution is -2.32. The molecule has 1 amide bonds. The Labute approximate surface area is 185 Å². The number of amides is 1. The van der Waals surface area contributed by atoms with Gasteiger partial charge in [-0.1, -0.05) is 41.4 Å². The van der Waals surface area contributed by atoms with E-state index in [-0.39, 0.29) is 5.78 Å². The Hall–Kier alpha value is -3.25. The minimum atomic E-state index is -1.08. The number of benzene rings is 2. The van der Waals surface area contributed by atoms with Gasteiger partial charge in [0.05, 0.1) is 12.4 Å². The topological polar surface area (TPSA) is 72.3 Å². The summed E-state index contributed by atoms with van der Waals surface area (Å²) in [7, 11) is 0. The fourth-order valence-electron chi connectivity index (χ4n) is 4.00. The maximum atomic E-state index is 13.3. The molecule has 2 unspecified atom stereocenters. The number of imidazole rings is 1. The second-order valence-corrected chi connectivity index (χ2v) is 8.16. The summed E-state index contributed by atoms with van der Waals surface area (Å²) in [6.07, 6.45) is 5.89. The van der Waals surface area contributed by atoms with Crippen molar-refractivity contribution in [1.82, 2.24) is 14.5 Å². The molecule has 1 aromatic heterocycles. The van der Waals surface area contributed by atoms with Gasteiger partial charge in [-0.2, -0.15) is 0 Å². The van der Waals surface area contributed by atoms with E-state index in [1.807, 2.05) is 42.0 Å². The van der Waals surface area contributed by atoms with Crippen LogP contribution in [0.3, 0.4) is 0 Å². The second kappa shape index (κ2) is 8.86. The van der Waals surface area contributed by atoms with Gasteiger partial charge >= 0.3 is 0 Å². The molecule has 1 fully saturated rings. The van der Waals surface area contributed by atoms with E-state index in [2.05, 4.69) is 4.98 Å². The summed E-state index contributed by atoms with van der Waals surface area (Å²) in [5.74, 6) is -2.71. The van der Waals surface area contributed by atoms with Gasteiger partial charge in [-0.3, -0.25) is 14.4 Å². The summed E-state index contributed by atoms with van der Waals surface area (Å²) < 4.78 is 1.92. The van der Waals surface area contributed by atoms with Crippen LogP contribution in [0.25, 0.3) is 0 Å². The fraction of sp³-hybridized carbons (Fsp3) is 0.250. The second-order valence-electron chi connectivity index (χ2n) is 7.72. The molecular weight excluding hydrogens is 414 g/mol. The minimum absolute atomic E-state index is 0.363. The highest BCUT2D eigenvalue weighted by Crippen LogP contribution is 2.38. The highest BCUT2D eigenvalue weighted by atomic mass is 35.5. The number of Topliss-reactive ketones (excluding diaryl/α,β-unsaturated/α-hetero) is 2. The maximum Gasteiger partial charge on any atom is 0.291 e. The van der Waals surface area contributed by atoms with Gasteiger partial charge in [0, 0.05) is 36.1 Å². The van der Waals surface area contributed by atoms with Crippen molar-refractivity contribution < 1.29 is 14.4 Å². The standard InChI is InChI=1S/C24H22ClN3O3/c1-16-3-5-17(6-4-16)21-20(22(29)18-7-9-19(25)10-8-18)23(30)24(31)28(21)13-2-12-27-14-11-26-15-27/h3-11,14-15,20-21H,2,12-13H2,1H3. The zero-order valence-corrected chi connectivity index (χ0v) is 17.8. The number of nitrogens with zero attached hydrogens (tertiary/aromatic N) is 3. The van der Waals surface area contributed by atoms with Crippen LogP contribution in [0.15, 0.2) is 67.3 Å². The summed E-state index contributed by atoms with van der Waals surface area (Å²) in [6.45, 7) is 2.99. The molecular formula is C24H22ClN3O3. The molecule has 3 aromatic rings. The molecule has 2 heterocycles. The SMILES string of the molecule is Cc1ccc(C2C(C(=O)c3ccc(Cl)cc3)C(=O)C(=O)N2CCCn2ccnc2)cc1. The first kappa shape index (κ1) is 21.0. The quantitative estimate of drug-likeness (QED) is 0.320. The molecule has 0 bridgehead atoms. The monoisotopic (exact) mass is 435 g/mol. The summed E-state index contributed by atoms with van der Waals surface area (Å²) >= 11 is 5.94. The van der Waals surface area contributed by atoms with Crippen LogP contribution in [0.4, 0.5) is 0 Å². The van der Waals surface area contributed by atoms with Crippen LogP contribution < -0.4 is 0 Å². The van der Waals surface area contributed by atoms with Crippen LogP contribution in [-0.2, 0) is 16.1 Å². The lowest BCUT2D eigenvalue weighted by molar-refractivity contribution is -0.140. The Bertz CT molecular complexity index is 1090. The number of hydrogen-bond donors (Lipinski definition) is 0. The minimum Gasteiger partial charge on any atom is -0.337 e. The first-order valence-electron chi connectivity index (χ1n) is 10.1. The number of carbonyl (C=O) groups is 3. The third kappa shape index (κ3) is 4.30. The van der Waals surface area contributed by atoms with Crippen molar-refractivity contribution in [3.8, 4) is 0 Å². The van der Waals surface area contributed by atoms with Gasteiger partial charge in [0.2, 0.25) is 5.78 Å². The van der Waals surface area contributed by atoms with Gasteiger partial charge in [0.1, 0.15) is 5.92 Å². The van der Waals surface area contributed by atoms with Crippen LogP contribution in [-0.4, -0.2) is 38.5 Å². The smallest absolute Gasteiger partial charge is 0.291 e. The third-order valence-electron chi connectivity index (χ3n) is 5.61. The zero-order valence-electron chi connectivity index (χ0n) is 17.1. The molecule has 6 nitrogen and oxygen atoms in total. The molecule has 0 N–H and O–H groups in total. The van der Waals surface area contributed by atoms with Crippen LogP contribution in [0.2, 0.25) is 5.02 Å². The molecule has 1 aliphatic rings. The van der Waals surface area contributed by atoms with Crippen molar-refractivity contribution in [2.24, 2.45) is 5.92 Å². The zero-order chi connectivity index (χ0) is 22.0. The van der Waals surface area contributed by atoms with Crippen molar-refractivity contribution in [3.63, 3.8) is 0 Å². The Morgan fingerprint density at radius 2 is 1.74 bits per heavy atom.